The Kier molecular flexibility index (Phi) is 6.16. The van der Waals surface area contributed by atoms with Crippen LogP contribution in [0, 0.1) is 0 Å². The summed E-state index contributed by atoms with van der Waals surface area (Å²) in [7, 11) is 3.61. The largest absolute Gasteiger partial charge is 0.505 e. The molecule has 2 rings (SSSR count). The maximum Gasteiger partial charge on any atom is 0.261 e. The van der Waals surface area contributed by atoms with E-state index in [1.165, 1.54) is 6.07 Å². The lowest BCUT2D eigenvalue weighted by atomic mass is 10.1. The molecule has 0 heterocycles. The van der Waals surface area contributed by atoms with Crippen molar-refractivity contribution in [2.75, 3.05) is 24.3 Å². The maximum atomic E-state index is 12.4. The molecule has 0 unspecified atom stereocenters. The summed E-state index contributed by atoms with van der Waals surface area (Å²) < 4.78 is 0. The van der Waals surface area contributed by atoms with Gasteiger partial charge in [-0.15, -0.1) is 0 Å². The second kappa shape index (κ2) is 7.95. The van der Waals surface area contributed by atoms with E-state index in [1.54, 1.807) is 19.2 Å². The van der Waals surface area contributed by atoms with Crippen molar-refractivity contribution in [3.8, 4) is 5.75 Å². The molecule has 0 aliphatic rings. The van der Waals surface area contributed by atoms with Crippen molar-refractivity contribution in [1.29, 1.82) is 0 Å². The first-order valence-electron chi connectivity index (χ1n) is 7.21. The van der Waals surface area contributed by atoms with Crippen molar-refractivity contribution in [2.24, 2.45) is 4.99 Å². The smallest absolute Gasteiger partial charge is 0.261 e. The molecular formula is C17H16Cl3N3O2. The average molecular weight is 401 g/mol. The average Bonchev–Trinajstić information content (AvgIpc) is 2.59. The fourth-order valence-corrected chi connectivity index (χ4v) is 2.78. The fraction of sp³-hybridized carbons (Fsp3) is 0.176. The van der Waals surface area contributed by atoms with Crippen molar-refractivity contribution < 1.29 is 9.90 Å². The van der Waals surface area contributed by atoms with Crippen LogP contribution in [0.2, 0.25) is 15.1 Å². The molecule has 25 heavy (non-hydrogen) atoms. The molecule has 132 valence electrons. The van der Waals surface area contributed by atoms with Gasteiger partial charge in [-0.2, -0.15) is 0 Å². The van der Waals surface area contributed by atoms with Gasteiger partial charge < -0.3 is 15.3 Å². The van der Waals surface area contributed by atoms with Crippen molar-refractivity contribution in [3.63, 3.8) is 0 Å². The topological polar surface area (TPSA) is 64.9 Å². The quantitative estimate of drug-likeness (QED) is 0.428. The highest BCUT2D eigenvalue weighted by atomic mass is 35.5. The fourth-order valence-electron chi connectivity index (χ4n) is 2.09. The van der Waals surface area contributed by atoms with Crippen LogP contribution in [0.5, 0.6) is 5.75 Å². The number of carbonyl (C=O) groups excluding carboxylic acids is 1. The van der Waals surface area contributed by atoms with Crippen LogP contribution in [-0.2, 0) is 0 Å². The Labute approximate surface area is 160 Å². The summed E-state index contributed by atoms with van der Waals surface area (Å²) in [4.78, 5) is 18.5. The van der Waals surface area contributed by atoms with Crippen LogP contribution in [0.25, 0.3) is 0 Å². The van der Waals surface area contributed by atoms with Crippen molar-refractivity contribution in [2.45, 2.75) is 6.92 Å². The number of phenolic OH excluding ortho intramolecular Hbond substituents is 1. The van der Waals surface area contributed by atoms with Gasteiger partial charge in [0.2, 0.25) is 0 Å². The van der Waals surface area contributed by atoms with Gasteiger partial charge in [-0.05, 0) is 37.3 Å². The number of aromatic hydroxyl groups is 1. The van der Waals surface area contributed by atoms with Gasteiger partial charge >= 0.3 is 0 Å². The van der Waals surface area contributed by atoms with Gasteiger partial charge in [-0.3, -0.25) is 9.79 Å². The minimum Gasteiger partial charge on any atom is -0.505 e. The van der Waals surface area contributed by atoms with Crippen LogP contribution >= 0.6 is 34.8 Å². The van der Waals surface area contributed by atoms with Gasteiger partial charge in [0.1, 0.15) is 11.3 Å². The SMILES string of the molecule is CN=C(C)N(C)c1ccc(NC(=O)c2c(O)c(Cl)cc(Cl)c2Cl)cc1. The van der Waals surface area contributed by atoms with Gasteiger partial charge in [0.25, 0.3) is 5.91 Å². The molecule has 2 aromatic carbocycles. The number of rotatable bonds is 3. The standard InChI is InChI=1S/C17H16Cl3N3O2/c1-9(21-2)23(3)11-6-4-10(5-7-11)22-17(25)14-15(20)12(18)8-13(19)16(14)24/h4-8,24H,1-3H3,(H,22,25). The molecule has 0 spiro atoms. The van der Waals surface area contributed by atoms with Gasteiger partial charge in [0.15, 0.2) is 0 Å². The van der Waals surface area contributed by atoms with Crippen molar-refractivity contribution >= 4 is 57.9 Å². The molecule has 1 amide bonds. The zero-order valence-corrected chi connectivity index (χ0v) is 16.0. The maximum absolute atomic E-state index is 12.4. The monoisotopic (exact) mass is 399 g/mol. The van der Waals surface area contributed by atoms with Crippen LogP contribution < -0.4 is 10.2 Å². The van der Waals surface area contributed by atoms with Crippen LogP contribution in [0.15, 0.2) is 35.3 Å². The molecule has 0 aliphatic carbocycles. The predicted molar refractivity (Wildman–Crippen MR) is 105 cm³/mol. The highest BCUT2D eigenvalue weighted by Crippen LogP contribution is 2.38. The lowest BCUT2D eigenvalue weighted by Crippen LogP contribution is -2.23. The third-order valence-electron chi connectivity index (χ3n) is 3.69. The number of hydrogen-bond donors (Lipinski definition) is 2. The molecule has 0 aromatic heterocycles. The molecule has 0 aliphatic heterocycles. The Balaban J connectivity index is 2.25. The lowest BCUT2D eigenvalue weighted by Gasteiger charge is -2.19. The molecule has 0 atom stereocenters. The summed E-state index contributed by atoms with van der Waals surface area (Å²) in [5.41, 5.74) is 1.27. The molecule has 0 radical (unpaired) electrons. The number of nitrogens with zero attached hydrogens (tertiary/aromatic N) is 2. The molecule has 2 N–H and O–H groups in total. The van der Waals surface area contributed by atoms with E-state index in [9.17, 15) is 9.90 Å². The first-order valence-corrected chi connectivity index (χ1v) is 8.34. The minimum absolute atomic E-state index is 0.0501. The van der Waals surface area contributed by atoms with Crippen LogP contribution in [-0.4, -0.2) is 30.9 Å². The molecule has 8 heteroatoms. The summed E-state index contributed by atoms with van der Waals surface area (Å²) in [5.74, 6) is -0.180. The number of amides is 1. The van der Waals surface area contributed by atoms with Crippen LogP contribution in [0.3, 0.4) is 0 Å². The summed E-state index contributed by atoms with van der Waals surface area (Å²) >= 11 is 17.8. The van der Waals surface area contributed by atoms with E-state index in [0.29, 0.717) is 5.69 Å². The highest BCUT2D eigenvalue weighted by Gasteiger charge is 2.21. The Bertz CT molecular complexity index is 810. The van der Waals surface area contributed by atoms with E-state index >= 15 is 0 Å². The van der Waals surface area contributed by atoms with E-state index in [1.807, 2.05) is 31.0 Å². The summed E-state index contributed by atoms with van der Waals surface area (Å²) in [6.07, 6.45) is 0. The van der Waals surface area contributed by atoms with Crippen molar-refractivity contribution in [1.82, 2.24) is 0 Å². The number of halogens is 3. The lowest BCUT2D eigenvalue weighted by molar-refractivity contribution is 0.102. The summed E-state index contributed by atoms with van der Waals surface area (Å²) in [5, 5.41) is 12.6. The van der Waals surface area contributed by atoms with Gasteiger partial charge in [-0.25, -0.2) is 0 Å². The van der Waals surface area contributed by atoms with E-state index in [-0.39, 0.29) is 20.6 Å². The van der Waals surface area contributed by atoms with E-state index in [0.717, 1.165) is 11.5 Å². The molecule has 0 saturated heterocycles. The number of benzene rings is 2. The Morgan fingerprint density at radius 3 is 2.32 bits per heavy atom. The van der Waals surface area contributed by atoms with Crippen LogP contribution in [0.1, 0.15) is 17.3 Å². The van der Waals surface area contributed by atoms with E-state index in [2.05, 4.69) is 10.3 Å². The normalized spacial score (nSPS) is 11.4. The molecular weight excluding hydrogens is 385 g/mol. The van der Waals surface area contributed by atoms with Gasteiger partial charge in [-0.1, -0.05) is 34.8 Å². The molecule has 2 aromatic rings. The highest BCUT2D eigenvalue weighted by molar-refractivity contribution is 6.46. The number of hydrogen-bond acceptors (Lipinski definition) is 3. The predicted octanol–water partition coefficient (Wildman–Crippen LogP) is 5.09. The summed E-state index contributed by atoms with van der Waals surface area (Å²) in [6.45, 7) is 1.89. The first-order chi connectivity index (χ1) is 11.8. The molecule has 0 saturated carbocycles. The zero-order valence-electron chi connectivity index (χ0n) is 13.8. The number of anilines is 2. The third-order valence-corrected chi connectivity index (χ3v) is 4.77. The second-order valence-electron chi connectivity index (χ2n) is 5.21. The Hall–Kier alpha value is -1.95. The first kappa shape index (κ1) is 19.4. The number of carbonyl (C=O) groups is 1. The summed E-state index contributed by atoms with van der Waals surface area (Å²) in [6, 6.07) is 8.39. The molecule has 0 bridgehead atoms. The van der Waals surface area contributed by atoms with Gasteiger partial charge in [0.05, 0.1) is 20.9 Å². The Morgan fingerprint density at radius 1 is 1.16 bits per heavy atom. The molecule has 5 nitrogen and oxygen atoms in total. The molecule has 0 fully saturated rings. The Morgan fingerprint density at radius 2 is 1.76 bits per heavy atom. The van der Waals surface area contributed by atoms with E-state index < -0.39 is 11.7 Å². The van der Waals surface area contributed by atoms with Crippen LogP contribution in [0.4, 0.5) is 11.4 Å². The minimum atomic E-state index is -0.612. The number of aliphatic imine (C=N–C) groups is 1. The van der Waals surface area contributed by atoms with Gasteiger partial charge in [0, 0.05) is 25.5 Å². The zero-order chi connectivity index (χ0) is 18.7. The van der Waals surface area contributed by atoms with Crippen molar-refractivity contribution in [3.05, 3.63) is 51.0 Å². The second-order valence-corrected chi connectivity index (χ2v) is 6.40. The third kappa shape index (κ3) is 4.18. The number of phenols is 1. The number of amidine groups is 1. The van der Waals surface area contributed by atoms with E-state index in [4.69, 9.17) is 34.8 Å². The number of nitrogens with one attached hydrogen (secondary N) is 1.